The summed E-state index contributed by atoms with van der Waals surface area (Å²) in [5, 5.41) is 12.6. The van der Waals surface area contributed by atoms with E-state index >= 15 is 0 Å². The van der Waals surface area contributed by atoms with E-state index in [1.54, 1.807) is 37.4 Å². The Bertz CT molecular complexity index is 1710. The van der Waals surface area contributed by atoms with E-state index in [0.29, 0.717) is 28.4 Å². The normalized spacial score (nSPS) is 14.1. The summed E-state index contributed by atoms with van der Waals surface area (Å²) in [6.07, 6.45) is 3.66. The number of fused-ring (bicyclic) bond motifs is 1. The smallest absolute Gasteiger partial charge is 0.359 e. The van der Waals surface area contributed by atoms with E-state index in [1.807, 2.05) is 6.92 Å². The molecule has 5 rings (SSSR count). The summed E-state index contributed by atoms with van der Waals surface area (Å²) in [4.78, 5) is 34.9. The van der Waals surface area contributed by atoms with Gasteiger partial charge in [-0.15, -0.1) is 0 Å². The standard InChI is InChI=1S/C26H20ClFN6O3/c1-14-5-19(12-30-11-14)34-25(35)32-24(31-22-8-17-6-15(2)37-23(17)9-20(22)27)33(26(34)36)13-16-3-4-21(28)18(7-16)10-29/h3-5,7-9,11-12,15H,6,13H2,1-2H3,(H,31,32,35). The molecule has 1 aliphatic heterocycles. The molecule has 1 N–H and O–H groups in total. The van der Waals surface area contributed by atoms with Crippen LogP contribution >= 0.6 is 11.6 Å². The van der Waals surface area contributed by atoms with Crippen molar-refractivity contribution in [3.05, 3.63) is 103 Å². The zero-order chi connectivity index (χ0) is 26.3. The molecule has 4 aromatic rings. The average molecular weight is 519 g/mol. The van der Waals surface area contributed by atoms with Crippen LogP contribution in [0, 0.1) is 24.1 Å². The molecule has 0 spiro atoms. The first-order chi connectivity index (χ1) is 17.7. The van der Waals surface area contributed by atoms with Gasteiger partial charge in [0.25, 0.3) is 0 Å². The Morgan fingerprint density at radius 3 is 2.81 bits per heavy atom. The van der Waals surface area contributed by atoms with Gasteiger partial charge in [-0.1, -0.05) is 17.7 Å². The van der Waals surface area contributed by atoms with Crippen molar-refractivity contribution in [1.82, 2.24) is 19.1 Å². The van der Waals surface area contributed by atoms with Crippen LogP contribution in [-0.2, 0) is 13.0 Å². The highest BCUT2D eigenvalue weighted by atomic mass is 35.5. The highest BCUT2D eigenvalue weighted by molar-refractivity contribution is 6.33. The van der Waals surface area contributed by atoms with Crippen LogP contribution in [0.25, 0.3) is 5.69 Å². The van der Waals surface area contributed by atoms with Crippen molar-refractivity contribution >= 4 is 23.2 Å². The topological polar surface area (TPSA) is 115 Å². The van der Waals surface area contributed by atoms with E-state index in [-0.39, 0.29) is 29.8 Å². The Kier molecular flexibility index (Phi) is 6.23. The second kappa shape index (κ2) is 9.52. The molecule has 3 heterocycles. The van der Waals surface area contributed by atoms with E-state index in [9.17, 15) is 19.2 Å². The lowest BCUT2D eigenvalue weighted by Gasteiger charge is -2.17. The van der Waals surface area contributed by atoms with Gasteiger partial charge in [0.2, 0.25) is 5.95 Å². The first kappa shape index (κ1) is 24.2. The van der Waals surface area contributed by atoms with Crippen molar-refractivity contribution in [3.8, 4) is 17.5 Å². The number of aromatic nitrogens is 4. The van der Waals surface area contributed by atoms with Gasteiger partial charge < -0.3 is 10.1 Å². The molecule has 37 heavy (non-hydrogen) atoms. The minimum absolute atomic E-state index is 0.00250. The molecule has 9 nitrogen and oxygen atoms in total. The fourth-order valence-corrected chi connectivity index (χ4v) is 4.41. The minimum atomic E-state index is -0.817. The fraction of sp³-hybridized carbons (Fsp3) is 0.192. The third kappa shape index (κ3) is 4.69. The van der Waals surface area contributed by atoms with Crippen LogP contribution < -0.4 is 21.4 Å². The molecule has 2 aromatic carbocycles. The Morgan fingerprint density at radius 1 is 1.24 bits per heavy atom. The van der Waals surface area contributed by atoms with E-state index in [0.717, 1.165) is 21.8 Å². The van der Waals surface area contributed by atoms with E-state index < -0.39 is 17.2 Å². The van der Waals surface area contributed by atoms with Crippen molar-refractivity contribution < 1.29 is 9.13 Å². The number of hydrogen-bond acceptors (Lipinski definition) is 7. The van der Waals surface area contributed by atoms with Crippen LogP contribution in [0.4, 0.5) is 16.0 Å². The van der Waals surface area contributed by atoms with Crippen LogP contribution in [0.15, 0.2) is 58.4 Å². The average Bonchev–Trinajstić information content (AvgIpc) is 3.21. The monoisotopic (exact) mass is 518 g/mol. The molecule has 0 amide bonds. The van der Waals surface area contributed by atoms with Crippen LogP contribution in [-0.4, -0.2) is 25.2 Å². The lowest BCUT2D eigenvalue weighted by atomic mass is 10.1. The molecule has 0 bridgehead atoms. The molecule has 0 aliphatic carbocycles. The largest absolute Gasteiger partial charge is 0.490 e. The summed E-state index contributed by atoms with van der Waals surface area (Å²) in [5.41, 5.74) is 1.13. The van der Waals surface area contributed by atoms with E-state index in [1.165, 1.54) is 22.9 Å². The predicted molar refractivity (Wildman–Crippen MR) is 135 cm³/mol. The van der Waals surface area contributed by atoms with E-state index in [4.69, 9.17) is 16.3 Å². The van der Waals surface area contributed by atoms with Crippen LogP contribution in [0.1, 0.15) is 29.2 Å². The number of aryl methyl sites for hydroxylation is 1. The number of pyridine rings is 1. The van der Waals surface area contributed by atoms with Gasteiger partial charge in [-0.25, -0.2) is 18.5 Å². The maximum Gasteiger partial charge on any atom is 0.359 e. The molecule has 0 radical (unpaired) electrons. The maximum absolute atomic E-state index is 13.9. The van der Waals surface area contributed by atoms with Gasteiger partial charge in [-0.3, -0.25) is 9.55 Å². The molecular weight excluding hydrogens is 499 g/mol. The molecule has 2 aromatic heterocycles. The highest BCUT2D eigenvalue weighted by Gasteiger charge is 2.22. The van der Waals surface area contributed by atoms with Gasteiger partial charge in [0.05, 0.1) is 34.7 Å². The van der Waals surface area contributed by atoms with Crippen LogP contribution in [0.3, 0.4) is 0 Å². The third-order valence-corrected chi connectivity index (χ3v) is 6.23. The molecule has 0 fully saturated rings. The zero-order valence-corrected chi connectivity index (χ0v) is 20.6. The molecule has 11 heteroatoms. The van der Waals surface area contributed by atoms with Gasteiger partial charge in [-0.05, 0) is 54.8 Å². The predicted octanol–water partition coefficient (Wildman–Crippen LogP) is 3.88. The number of hydrogen-bond donors (Lipinski definition) is 1. The summed E-state index contributed by atoms with van der Waals surface area (Å²) in [7, 11) is 0. The number of benzene rings is 2. The quantitative estimate of drug-likeness (QED) is 0.426. The number of ether oxygens (including phenoxy) is 1. The van der Waals surface area contributed by atoms with Crippen LogP contribution in [0.5, 0.6) is 5.75 Å². The molecular formula is C26H20ClFN6O3. The number of halogens is 2. The van der Waals surface area contributed by atoms with Crippen molar-refractivity contribution in [2.75, 3.05) is 5.32 Å². The summed E-state index contributed by atoms with van der Waals surface area (Å²) in [6.45, 7) is 3.62. The van der Waals surface area contributed by atoms with Crippen molar-refractivity contribution in [3.63, 3.8) is 0 Å². The molecule has 1 aliphatic rings. The molecule has 186 valence electrons. The Labute approximate surface area is 215 Å². The summed E-state index contributed by atoms with van der Waals surface area (Å²) >= 11 is 6.47. The minimum Gasteiger partial charge on any atom is -0.490 e. The fourth-order valence-electron chi connectivity index (χ4n) is 4.21. The lowest BCUT2D eigenvalue weighted by Crippen LogP contribution is -2.41. The van der Waals surface area contributed by atoms with Gasteiger partial charge in [-0.2, -0.15) is 10.2 Å². The second-order valence-electron chi connectivity index (χ2n) is 8.77. The highest BCUT2D eigenvalue weighted by Crippen LogP contribution is 2.37. The van der Waals surface area contributed by atoms with Gasteiger partial charge in [0.1, 0.15) is 23.7 Å². The number of rotatable bonds is 5. The maximum atomic E-state index is 13.9. The number of nitrogens with zero attached hydrogens (tertiary/aromatic N) is 5. The van der Waals surface area contributed by atoms with Gasteiger partial charge >= 0.3 is 11.4 Å². The molecule has 0 saturated carbocycles. The number of anilines is 2. The molecule has 1 unspecified atom stereocenters. The van der Waals surface area contributed by atoms with Gasteiger partial charge in [0.15, 0.2) is 0 Å². The van der Waals surface area contributed by atoms with Crippen molar-refractivity contribution in [2.24, 2.45) is 0 Å². The third-order valence-electron chi connectivity index (χ3n) is 5.91. The second-order valence-corrected chi connectivity index (χ2v) is 9.17. The number of nitriles is 1. The lowest BCUT2D eigenvalue weighted by molar-refractivity contribution is 0.254. The summed E-state index contributed by atoms with van der Waals surface area (Å²) in [6, 6.07) is 10.8. The Balaban J connectivity index is 1.66. The van der Waals surface area contributed by atoms with E-state index in [2.05, 4.69) is 15.3 Å². The summed E-state index contributed by atoms with van der Waals surface area (Å²) < 4.78 is 21.8. The van der Waals surface area contributed by atoms with Gasteiger partial charge in [0, 0.05) is 18.7 Å². The molecule has 1 atom stereocenters. The van der Waals surface area contributed by atoms with Crippen molar-refractivity contribution in [1.29, 1.82) is 5.26 Å². The Morgan fingerprint density at radius 2 is 2.05 bits per heavy atom. The SMILES string of the molecule is Cc1cncc(-n2c(=O)nc(Nc3cc4c(cc3Cl)OC(C)C4)n(Cc3ccc(F)c(C#N)c3)c2=O)c1. The first-order valence-electron chi connectivity index (χ1n) is 11.3. The summed E-state index contributed by atoms with van der Waals surface area (Å²) in [5.74, 6) is -0.0677. The van der Waals surface area contributed by atoms with Crippen LogP contribution in [0.2, 0.25) is 5.02 Å². The Hall–Kier alpha value is -4.49. The molecule has 0 saturated heterocycles. The first-order valence-corrected chi connectivity index (χ1v) is 11.7. The number of nitrogens with one attached hydrogen (secondary N) is 1. The van der Waals surface area contributed by atoms with Crippen molar-refractivity contribution in [2.45, 2.75) is 32.9 Å². The zero-order valence-electron chi connectivity index (χ0n) is 19.8.